The lowest BCUT2D eigenvalue weighted by molar-refractivity contribution is 0.0557. The second kappa shape index (κ2) is 5.96. The van der Waals surface area contributed by atoms with Crippen LogP contribution < -0.4 is 0 Å². The molecule has 1 aromatic heterocycles. The molecule has 0 fully saturated rings. The van der Waals surface area contributed by atoms with Crippen molar-refractivity contribution in [3.05, 3.63) is 53.8 Å². The van der Waals surface area contributed by atoms with Crippen molar-refractivity contribution in [2.24, 2.45) is 0 Å². The van der Waals surface area contributed by atoms with E-state index < -0.39 is 5.97 Å². The van der Waals surface area contributed by atoms with Crippen LogP contribution in [-0.4, -0.2) is 17.6 Å². The van der Waals surface area contributed by atoms with Gasteiger partial charge in [0.2, 0.25) is 0 Å². The summed E-state index contributed by atoms with van der Waals surface area (Å²) in [5, 5.41) is 0.572. The van der Waals surface area contributed by atoms with E-state index in [9.17, 15) is 9.18 Å². The minimum Gasteiger partial charge on any atom is -0.449 e. The number of hydrogen-bond acceptors (Lipinski definition) is 4. The molecule has 0 amide bonds. The fourth-order valence-corrected chi connectivity index (χ4v) is 3.02. The number of terminal acetylenes is 1. The van der Waals surface area contributed by atoms with Crippen molar-refractivity contribution in [1.29, 1.82) is 0 Å². The number of halogens is 1. The summed E-state index contributed by atoms with van der Waals surface area (Å²) in [5.74, 6) is 1.43. The van der Waals surface area contributed by atoms with Gasteiger partial charge in [-0.3, -0.25) is 0 Å². The molecule has 108 valence electrons. The first-order chi connectivity index (χ1) is 10.7. The fourth-order valence-electron chi connectivity index (χ4n) is 1.99. The number of thiazole rings is 1. The first-order valence-electron chi connectivity index (χ1n) is 6.45. The van der Waals surface area contributed by atoms with Crippen LogP contribution in [0.15, 0.2) is 42.5 Å². The van der Waals surface area contributed by atoms with Gasteiger partial charge in [-0.1, -0.05) is 18.1 Å². The van der Waals surface area contributed by atoms with Gasteiger partial charge in [-0.05, 0) is 30.3 Å². The molecule has 0 unspecified atom stereocenters. The van der Waals surface area contributed by atoms with Crippen LogP contribution in [0.4, 0.5) is 4.39 Å². The zero-order valence-corrected chi connectivity index (χ0v) is 12.2. The molecule has 0 aliphatic carbocycles. The van der Waals surface area contributed by atoms with Crippen molar-refractivity contribution in [2.45, 2.75) is 0 Å². The van der Waals surface area contributed by atoms with E-state index in [4.69, 9.17) is 11.2 Å². The molecule has 3 rings (SSSR count). The Labute approximate surface area is 130 Å². The summed E-state index contributed by atoms with van der Waals surface area (Å²) in [4.78, 5) is 16.2. The van der Waals surface area contributed by atoms with Gasteiger partial charge in [0.1, 0.15) is 10.8 Å². The maximum atomic E-state index is 13.8. The van der Waals surface area contributed by atoms with Gasteiger partial charge in [0.25, 0.3) is 0 Å². The van der Waals surface area contributed by atoms with Crippen molar-refractivity contribution in [1.82, 2.24) is 4.98 Å². The van der Waals surface area contributed by atoms with Crippen molar-refractivity contribution in [3.8, 4) is 22.9 Å². The number of hydrogen-bond donors (Lipinski definition) is 0. The molecule has 5 heteroatoms. The van der Waals surface area contributed by atoms with E-state index >= 15 is 0 Å². The summed E-state index contributed by atoms with van der Waals surface area (Å²) in [5.41, 5.74) is 1.54. The summed E-state index contributed by atoms with van der Waals surface area (Å²) in [7, 11) is 0. The molecule has 0 aliphatic heterocycles. The molecule has 0 bridgehead atoms. The quantitative estimate of drug-likeness (QED) is 0.544. The highest BCUT2D eigenvalue weighted by atomic mass is 32.1. The Balaban J connectivity index is 1.99. The van der Waals surface area contributed by atoms with Gasteiger partial charge in [0.05, 0.1) is 15.8 Å². The Kier molecular flexibility index (Phi) is 3.86. The second-order valence-electron chi connectivity index (χ2n) is 4.46. The van der Waals surface area contributed by atoms with Crippen LogP contribution in [0.3, 0.4) is 0 Å². The van der Waals surface area contributed by atoms with E-state index in [-0.39, 0.29) is 12.4 Å². The Morgan fingerprint density at radius 2 is 2.14 bits per heavy atom. The molecule has 2 aromatic carbocycles. The lowest BCUT2D eigenvalue weighted by atomic mass is 10.2. The second-order valence-corrected chi connectivity index (χ2v) is 5.49. The molecular formula is C17H10FNO2S. The number of aromatic nitrogens is 1. The monoisotopic (exact) mass is 311 g/mol. The predicted octanol–water partition coefficient (Wildman–Crippen LogP) is 3.89. The molecule has 0 spiro atoms. The molecule has 0 radical (unpaired) electrons. The Bertz CT molecular complexity index is 895. The molecule has 3 nitrogen and oxygen atoms in total. The SMILES string of the molecule is C#CCOC(=O)c1ccc2nc(-c3ccccc3F)sc2c1. The van der Waals surface area contributed by atoms with Crippen molar-refractivity contribution < 1.29 is 13.9 Å². The van der Waals surface area contributed by atoms with Gasteiger partial charge in [-0.15, -0.1) is 17.8 Å². The topological polar surface area (TPSA) is 39.2 Å². The summed E-state index contributed by atoms with van der Waals surface area (Å²) < 4.78 is 19.5. The largest absolute Gasteiger partial charge is 0.449 e. The summed E-state index contributed by atoms with van der Waals surface area (Å²) >= 11 is 1.32. The molecule has 1 heterocycles. The minimum absolute atomic E-state index is 0.0694. The van der Waals surface area contributed by atoms with Crippen LogP contribution in [0, 0.1) is 18.2 Å². The molecular weight excluding hydrogens is 301 g/mol. The van der Waals surface area contributed by atoms with Gasteiger partial charge in [-0.25, -0.2) is 14.2 Å². The highest BCUT2D eigenvalue weighted by Crippen LogP contribution is 2.32. The number of carbonyl (C=O) groups excluding carboxylic acids is 1. The Morgan fingerprint density at radius 1 is 1.32 bits per heavy atom. The summed E-state index contributed by atoms with van der Waals surface area (Å²) in [6.07, 6.45) is 5.06. The first-order valence-corrected chi connectivity index (χ1v) is 7.27. The third kappa shape index (κ3) is 2.69. The van der Waals surface area contributed by atoms with E-state index in [1.807, 2.05) is 0 Å². The van der Waals surface area contributed by atoms with Crippen LogP contribution in [0.5, 0.6) is 0 Å². The highest BCUT2D eigenvalue weighted by molar-refractivity contribution is 7.21. The van der Waals surface area contributed by atoms with E-state index in [0.29, 0.717) is 21.7 Å². The molecule has 3 aromatic rings. The predicted molar refractivity (Wildman–Crippen MR) is 84.1 cm³/mol. The van der Waals surface area contributed by atoms with Crippen LogP contribution in [0.2, 0.25) is 0 Å². The maximum Gasteiger partial charge on any atom is 0.339 e. The summed E-state index contributed by atoms with van der Waals surface area (Å²) in [6, 6.07) is 11.5. The Morgan fingerprint density at radius 3 is 2.91 bits per heavy atom. The highest BCUT2D eigenvalue weighted by Gasteiger charge is 2.13. The lowest BCUT2D eigenvalue weighted by Crippen LogP contribution is -2.04. The maximum absolute atomic E-state index is 13.8. The van der Waals surface area contributed by atoms with Crippen LogP contribution >= 0.6 is 11.3 Å². The number of ether oxygens (including phenoxy) is 1. The number of fused-ring (bicyclic) bond motifs is 1. The van der Waals surface area contributed by atoms with E-state index in [1.54, 1.807) is 36.4 Å². The third-order valence-corrected chi connectivity index (χ3v) is 4.07. The molecule has 0 saturated heterocycles. The van der Waals surface area contributed by atoms with Crippen molar-refractivity contribution in [3.63, 3.8) is 0 Å². The molecule has 22 heavy (non-hydrogen) atoms. The van der Waals surface area contributed by atoms with Gasteiger partial charge < -0.3 is 4.74 Å². The zero-order valence-electron chi connectivity index (χ0n) is 11.4. The van der Waals surface area contributed by atoms with Crippen molar-refractivity contribution in [2.75, 3.05) is 6.61 Å². The molecule has 0 N–H and O–H groups in total. The molecule has 0 saturated carbocycles. The Hall–Kier alpha value is -2.71. The number of carbonyl (C=O) groups is 1. The fraction of sp³-hybridized carbons (Fsp3) is 0.0588. The van der Waals surface area contributed by atoms with Crippen molar-refractivity contribution >= 4 is 27.5 Å². The average Bonchev–Trinajstić information content (AvgIpc) is 2.95. The van der Waals surface area contributed by atoms with Gasteiger partial charge >= 0.3 is 5.97 Å². The van der Waals surface area contributed by atoms with E-state index in [2.05, 4.69) is 10.9 Å². The van der Waals surface area contributed by atoms with Crippen LogP contribution in [0.25, 0.3) is 20.8 Å². The normalized spacial score (nSPS) is 10.4. The minimum atomic E-state index is -0.485. The number of nitrogens with zero attached hydrogens (tertiary/aromatic N) is 1. The van der Waals surface area contributed by atoms with E-state index in [0.717, 1.165) is 4.70 Å². The van der Waals surface area contributed by atoms with Gasteiger partial charge in [0.15, 0.2) is 6.61 Å². The average molecular weight is 311 g/mol. The van der Waals surface area contributed by atoms with Gasteiger partial charge in [0, 0.05) is 5.56 Å². The first kappa shape index (κ1) is 14.2. The van der Waals surface area contributed by atoms with Crippen LogP contribution in [-0.2, 0) is 4.74 Å². The zero-order chi connectivity index (χ0) is 15.5. The van der Waals surface area contributed by atoms with E-state index in [1.165, 1.54) is 17.4 Å². The standard InChI is InChI=1S/C17H10FNO2S/c1-2-9-21-17(20)11-7-8-14-15(10-11)22-16(19-14)12-5-3-4-6-13(12)18/h1,3-8,10H,9H2. The number of rotatable bonds is 3. The lowest BCUT2D eigenvalue weighted by Gasteiger charge is -2.00. The number of benzene rings is 2. The summed E-state index contributed by atoms with van der Waals surface area (Å²) in [6.45, 7) is -0.0694. The van der Waals surface area contributed by atoms with Crippen LogP contribution in [0.1, 0.15) is 10.4 Å². The molecule has 0 aliphatic rings. The smallest absolute Gasteiger partial charge is 0.339 e. The number of esters is 1. The third-order valence-electron chi connectivity index (χ3n) is 3.02. The molecule has 0 atom stereocenters. The van der Waals surface area contributed by atoms with Gasteiger partial charge in [-0.2, -0.15) is 0 Å².